The van der Waals surface area contributed by atoms with Crippen molar-refractivity contribution in [3.8, 4) is 0 Å². The lowest BCUT2D eigenvalue weighted by molar-refractivity contribution is -0.130. The van der Waals surface area contributed by atoms with Crippen LogP contribution in [0.3, 0.4) is 0 Å². The van der Waals surface area contributed by atoms with Gasteiger partial charge in [-0.1, -0.05) is 13.8 Å². The molecule has 0 aliphatic carbocycles. The highest BCUT2D eigenvalue weighted by Gasteiger charge is 2.30. The number of hydrogen-bond donors (Lipinski definition) is 1. The van der Waals surface area contributed by atoms with Crippen LogP contribution in [0.15, 0.2) is 4.99 Å². The third-order valence-corrected chi connectivity index (χ3v) is 4.81. The number of nitrogens with zero attached hydrogens (tertiary/aromatic N) is 4. The Kier molecular flexibility index (Phi) is 8.76. The summed E-state index contributed by atoms with van der Waals surface area (Å²) >= 11 is 0. The lowest BCUT2D eigenvalue weighted by Gasteiger charge is -2.33. The van der Waals surface area contributed by atoms with Crippen molar-refractivity contribution < 1.29 is 4.79 Å². The van der Waals surface area contributed by atoms with Gasteiger partial charge in [0.25, 0.3) is 0 Å². The number of amides is 1. The van der Waals surface area contributed by atoms with E-state index in [0.717, 1.165) is 64.9 Å². The van der Waals surface area contributed by atoms with Gasteiger partial charge in [0.05, 0.1) is 6.54 Å². The Morgan fingerprint density at radius 2 is 1.79 bits per heavy atom. The highest BCUT2D eigenvalue weighted by molar-refractivity contribution is 14.0. The third kappa shape index (κ3) is 6.38. The summed E-state index contributed by atoms with van der Waals surface area (Å²) in [4.78, 5) is 22.9. The first-order chi connectivity index (χ1) is 10.9. The summed E-state index contributed by atoms with van der Waals surface area (Å²) in [7, 11) is 0. The summed E-state index contributed by atoms with van der Waals surface area (Å²) in [6, 6.07) is 0. The summed E-state index contributed by atoms with van der Waals surface area (Å²) in [6.07, 6.45) is 1.23. The van der Waals surface area contributed by atoms with Gasteiger partial charge in [-0.15, -0.1) is 24.0 Å². The zero-order valence-electron chi connectivity index (χ0n) is 15.7. The summed E-state index contributed by atoms with van der Waals surface area (Å²) in [6.45, 7) is 16.9. The Bertz CT molecular complexity index is 433. The van der Waals surface area contributed by atoms with Crippen LogP contribution in [-0.4, -0.2) is 85.5 Å². The Morgan fingerprint density at radius 3 is 2.29 bits per heavy atom. The SMILES string of the molecule is CCNC(=NCCN1CCN(C(C)=O)CC1)N1CCC(C)(C)C1.I. The van der Waals surface area contributed by atoms with Gasteiger partial charge in [0.15, 0.2) is 5.96 Å². The highest BCUT2D eigenvalue weighted by atomic mass is 127. The van der Waals surface area contributed by atoms with Crippen LogP contribution in [0.25, 0.3) is 0 Å². The lowest BCUT2D eigenvalue weighted by atomic mass is 9.93. The molecule has 2 fully saturated rings. The second kappa shape index (κ2) is 9.79. The van der Waals surface area contributed by atoms with Crippen molar-refractivity contribution in [3.05, 3.63) is 0 Å². The van der Waals surface area contributed by atoms with Crippen molar-refractivity contribution in [2.75, 3.05) is 58.9 Å². The fourth-order valence-corrected chi connectivity index (χ4v) is 3.30. The third-order valence-electron chi connectivity index (χ3n) is 4.81. The van der Waals surface area contributed by atoms with Crippen molar-refractivity contribution in [1.82, 2.24) is 20.0 Å². The minimum atomic E-state index is 0. The molecule has 1 amide bonds. The second-order valence-corrected chi connectivity index (χ2v) is 7.42. The van der Waals surface area contributed by atoms with Crippen molar-refractivity contribution in [2.24, 2.45) is 10.4 Å². The Balaban J connectivity index is 0.00000288. The van der Waals surface area contributed by atoms with E-state index in [4.69, 9.17) is 4.99 Å². The smallest absolute Gasteiger partial charge is 0.219 e. The van der Waals surface area contributed by atoms with Crippen LogP contribution >= 0.6 is 24.0 Å². The molecule has 1 N–H and O–H groups in total. The molecule has 140 valence electrons. The van der Waals surface area contributed by atoms with Crippen molar-refractivity contribution >= 4 is 35.8 Å². The van der Waals surface area contributed by atoms with E-state index in [1.807, 2.05) is 4.90 Å². The number of hydrogen-bond acceptors (Lipinski definition) is 3. The predicted octanol–water partition coefficient (Wildman–Crippen LogP) is 1.47. The van der Waals surface area contributed by atoms with Gasteiger partial charge < -0.3 is 15.1 Å². The molecule has 0 radical (unpaired) electrons. The Hall–Kier alpha value is -0.570. The fraction of sp³-hybridized carbons (Fsp3) is 0.882. The second-order valence-electron chi connectivity index (χ2n) is 7.42. The standard InChI is InChI=1S/C17H33N5O.HI/c1-5-18-16(22-8-6-17(3,4)14-22)19-7-9-20-10-12-21(13-11-20)15(2)23;/h5-14H2,1-4H3,(H,18,19);1H. The van der Waals surface area contributed by atoms with Crippen LogP contribution in [0, 0.1) is 5.41 Å². The molecule has 24 heavy (non-hydrogen) atoms. The monoisotopic (exact) mass is 451 g/mol. The quantitative estimate of drug-likeness (QED) is 0.400. The molecule has 2 heterocycles. The van der Waals surface area contributed by atoms with Gasteiger partial charge >= 0.3 is 0 Å². The van der Waals surface area contributed by atoms with Gasteiger partial charge in [-0.25, -0.2) is 0 Å². The highest BCUT2D eigenvalue weighted by Crippen LogP contribution is 2.28. The predicted molar refractivity (Wildman–Crippen MR) is 110 cm³/mol. The molecule has 0 atom stereocenters. The fourth-order valence-electron chi connectivity index (χ4n) is 3.30. The van der Waals surface area contributed by atoms with E-state index in [1.54, 1.807) is 6.92 Å². The number of likely N-dealkylation sites (tertiary alicyclic amines) is 1. The number of carbonyl (C=O) groups excluding carboxylic acids is 1. The number of halogens is 1. The van der Waals surface area contributed by atoms with E-state index in [9.17, 15) is 4.79 Å². The summed E-state index contributed by atoms with van der Waals surface area (Å²) in [5.74, 6) is 1.24. The van der Waals surface area contributed by atoms with E-state index in [2.05, 4.69) is 35.9 Å². The van der Waals surface area contributed by atoms with Crippen LogP contribution < -0.4 is 5.32 Å². The number of guanidine groups is 1. The first-order valence-corrected chi connectivity index (χ1v) is 8.92. The number of piperazine rings is 1. The number of aliphatic imine (C=N–C) groups is 1. The van der Waals surface area contributed by atoms with Crippen LogP contribution in [-0.2, 0) is 4.79 Å². The van der Waals surface area contributed by atoms with Crippen molar-refractivity contribution in [1.29, 1.82) is 0 Å². The van der Waals surface area contributed by atoms with E-state index >= 15 is 0 Å². The molecule has 7 heteroatoms. The van der Waals surface area contributed by atoms with Crippen LogP contribution in [0.1, 0.15) is 34.1 Å². The first-order valence-electron chi connectivity index (χ1n) is 8.92. The van der Waals surface area contributed by atoms with Crippen molar-refractivity contribution in [2.45, 2.75) is 34.1 Å². The zero-order valence-corrected chi connectivity index (χ0v) is 18.0. The molecule has 0 spiro atoms. The molecule has 2 aliphatic rings. The van der Waals surface area contributed by atoms with Gasteiger partial charge in [-0.3, -0.25) is 14.7 Å². The minimum Gasteiger partial charge on any atom is -0.357 e. The minimum absolute atomic E-state index is 0. The molecule has 0 aromatic heterocycles. The normalized spacial score (nSPS) is 21.6. The molecule has 0 saturated carbocycles. The largest absolute Gasteiger partial charge is 0.357 e. The van der Waals surface area contributed by atoms with Gasteiger partial charge in [-0.2, -0.15) is 0 Å². The van der Waals surface area contributed by atoms with Gasteiger partial charge in [0.1, 0.15) is 0 Å². The van der Waals surface area contributed by atoms with Gasteiger partial charge in [0, 0.05) is 59.3 Å². The summed E-state index contributed by atoms with van der Waals surface area (Å²) in [5.41, 5.74) is 0.388. The number of rotatable bonds is 4. The Morgan fingerprint density at radius 1 is 1.12 bits per heavy atom. The number of carbonyl (C=O) groups is 1. The maximum Gasteiger partial charge on any atom is 0.219 e. The van der Waals surface area contributed by atoms with Crippen molar-refractivity contribution in [3.63, 3.8) is 0 Å². The molecular weight excluding hydrogens is 417 g/mol. The van der Waals surface area contributed by atoms with Crippen LogP contribution in [0.4, 0.5) is 0 Å². The molecule has 0 bridgehead atoms. The zero-order chi connectivity index (χ0) is 16.9. The molecule has 0 aromatic rings. The van der Waals surface area contributed by atoms with Crippen LogP contribution in [0.5, 0.6) is 0 Å². The molecule has 0 unspecified atom stereocenters. The average Bonchev–Trinajstić information content (AvgIpc) is 2.87. The molecular formula is C17H34IN5O. The van der Waals surface area contributed by atoms with E-state index < -0.39 is 0 Å². The summed E-state index contributed by atoms with van der Waals surface area (Å²) in [5, 5.41) is 3.43. The van der Waals surface area contributed by atoms with E-state index in [0.29, 0.717) is 5.41 Å². The molecule has 2 rings (SSSR count). The van der Waals surface area contributed by atoms with E-state index in [-0.39, 0.29) is 29.9 Å². The topological polar surface area (TPSA) is 51.2 Å². The van der Waals surface area contributed by atoms with Gasteiger partial charge in [-0.05, 0) is 18.8 Å². The van der Waals surface area contributed by atoms with Gasteiger partial charge in [0.2, 0.25) is 5.91 Å². The molecule has 0 aromatic carbocycles. The lowest BCUT2D eigenvalue weighted by Crippen LogP contribution is -2.48. The number of nitrogens with one attached hydrogen (secondary N) is 1. The molecule has 2 saturated heterocycles. The molecule has 6 nitrogen and oxygen atoms in total. The maximum absolute atomic E-state index is 11.4. The summed E-state index contributed by atoms with van der Waals surface area (Å²) < 4.78 is 0. The van der Waals surface area contributed by atoms with E-state index in [1.165, 1.54) is 6.42 Å². The van der Waals surface area contributed by atoms with Crippen LogP contribution in [0.2, 0.25) is 0 Å². The Labute approximate surface area is 164 Å². The maximum atomic E-state index is 11.4. The molecule has 2 aliphatic heterocycles. The first kappa shape index (κ1) is 21.5. The average molecular weight is 451 g/mol.